The van der Waals surface area contributed by atoms with Gasteiger partial charge in [-0.05, 0) is 30.3 Å². The van der Waals surface area contributed by atoms with Gasteiger partial charge in [0.2, 0.25) is 0 Å². The van der Waals surface area contributed by atoms with E-state index in [1.165, 1.54) is 12.1 Å². The van der Waals surface area contributed by atoms with Gasteiger partial charge >= 0.3 is 5.97 Å². The first-order valence-electron chi connectivity index (χ1n) is 6.66. The second-order valence-corrected chi connectivity index (χ2v) is 5.39. The Balaban J connectivity index is 1.74. The van der Waals surface area contributed by atoms with Gasteiger partial charge in [0.05, 0.1) is 0 Å². The summed E-state index contributed by atoms with van der Waals surface area (Å²) in [5.41, 5.74) is 0.589. The quantitative estimate of drug-likeness (QED) is 0.753. The van der Waals surface area contributed by atoms with E-state index in [4.69, 9.17) is 9.47 Å². The van der Waals surface area contributed by atoms with Crippen molar-refractivity contribution >= 4 is 33.5 Å². The van der Waals surface area contributed by atoms with Gasteiger partial charge in [-0.15, -0.1) is 0 Å². The van der Waals surface area contributed by atoms with Gasteiger partial charge in [0.15, 0.2) is 24.7 Å². The number of carbonyl (C=O) groups is 2. The van der Waals surface area contributed by atoms with Crippen LogP contribution in [-0.2, 0) is 14.3 Å². The highest BCUT2D eigenvalue weighted by molar-refractivity contribution is 9.10. The highest BCUT2D eigenvalue weighted by Gasteiger charge is 2.10. The number of carbonyl (C=O) groups excluding carboxylic acids is 2. The molecular weight excluding hydrogens is 366 g/mol. The molecule has 0 fully saturated rings. The lowest BCUT2D eigenvalue weighted by atomic mass is 10.3. The lowest BCUT2D eigenvalue weighted by molar-refractivity contribution is -0.149. The molecule has 0 aliphatic heterocycles. The van der Waals surface area contributed by atoms with E-state index in [0.717, 1.165) is 4.47 Å². The topological polar surface area (TPSA) is 84.9 Å². The van der Waals surface area contributed by atoms with Gasteiger partial charge < -0.3 is 19.9 Å². The van der Waals surface area contributed by atoms with Crippen LogP contribution in [0.15, 0.2) is 53.0 Å². The number of esters is 1. The van der Waals surface area contributed by atoms with Crippen LogP contribution < -0.4 is 10.1 Å². The molecule has 0 saturated heterocycles. The lowest BCUT2D eigenvalue weighted by Gasteiger charge is -2.08. The van der Waals surface area contributed by atoms with Crippen molar-refractivity contribution in [2.45, 2.75) is 0 Å². The maximum absolute atomic E-state index is 11.7. The third kappa shape index (κ3) is 5.63. The predicted molar refractivity (Wildman–Crippen MR) is 87.3 cm³/mol. The Bertz CT molecular complexity index is 704. The SMILES string of the molecule is O=C(COC(=O)COc1ccccc1O)Nc1cccc(Br)c1. The van der Waals surface area contributed by atoms with E-state index in [0.29, 0.717) is 5.69 Å². The summed E-state index contributed by atoms with van der Waals surface area (Å²) in [4.78, 5) is 23.2. The zero-order valence-electron chi connectivity index (χ0n) is 12.0. The standard InChI is InChI=1S/C16H14BrNO5/c17-11-4-3-5-12(8-11)18-15(20)9-23-16(21)10-22-14-7-2-1-6-13(14)19/h1-8,19H,9-10H2,(H,18,20). The predicted octanol–water partition coefficient (Wildman–Crippen LogP) is 2.72. The summed E-state index contributed by atoms with van der Waals surface area (Å²) in [7, 11) is 0. The average Bonchev–Trinajstić information content (AvgIpc) is 2.52. The third-order valence-electron chi connectivity index (χ3n) is 2.68. The summed E-state index contributed by atoms with van der Waals surface area (Å²) in [6.45, 7) is -0.822. The number of hydrogen-bond acceptors (Lipinski definition) is 5. The van der Waals surface area contributed by atoms with Crippen LogP contribution in [-0.4, -0.2) is 30.2 Å². The maximum atomic E-state index is 11.7. The largest absolute Gasteiger partial charge is 0.504 e. The molecule has 0 aliphatic carbocycles. The van der Waals surface area contributed by atoms with Crippen molar-refractivity contribution in [2.24, 2.45) is 0 Å². The van der Waals surface area contributed by atoms with Crippen LogP contribution in [0.2, 0.25) is 0 Å². The van der Waals surface area contributed by atoms with Crippen molar-refractivity contribution in [2.75, 3.05) is 18.5 Å². The number of aromatic hydroxyl groups is 1. The molecule has 0 bridgehead atoms. The monoisotopic (exact) mass is 379 g/mol. The van der Waals surface area contributed by atoms with Crippen molar-refractivity contribution < 1.29 is 24.2 Å². The number of halogens is 1. The highest BCUT2D eigenvalue weighted by atomic mass is 79.9. The molecule has 0 aliphatic rings. The van der Waals surface area contributed by atoms with E-state index in [2.05, 4.69) is 21.2 Å². The van der Waals surface area contributed by atoms with Crippen molar-refractivity contribution in [3.8, 4) is 11.5 Å². The second-order valence-electron chi connectivity index (χ2n) is 4.48. The molecule has 0 spiro atoms. The average molecular weight is 380 g/mol. The van der Waals surface area contributed by atoms with E-state index in [9.17, 15) is 14.7 Å². The van der Waals surface area contributed by atoms with Gasteiger partial charge in [0, 0.05) is 10.2 Å². The third-order valence-corrected chi connectivity index (χ3v) is 3.18. The van der Waals surface area contributed by atoms with Crippen molar-refractivity contribution in [3.05, 3.63) is 53.0 Å². The van der Waals surface area contributed by atoms with E-state index in [1.807, 2.05) is 6.07 Å². The number of para-hydroxylation sites is 2. The Morgan fingerprint density at radius 1 is 1.09 bits per heavy atom. The molecule has 0 radical (unpaired) electrons. The number of anilines is 1. The number of rotatable bonds is 6. The zero-order valence-corrected chi connectivity index (χ0v) is 13.6. The number of benzene rings is 2. The number of ether oxygens (including phenoxy) is 2. The molecule has 2 aromatic carbocycles. The summed E-state index contributed by atoms with van der Waals surface area (Å²) < 4.78 is 10.7. The van der Waals surface area contributed by atoms with E-state index >= 15 is 0 Å². The first-order valence-corrected chi connectivity index (χ1v) is 7.46. The number of phenolic OH excluding ortho intramolecular Hbond substituents is 1. The molecule has 120 valence electrons. The number of amides is 1. The number of nitrogens with one attached hydrogen (secondary N) is 1. The minimum absolute atomic E-state index is 0.0762. The molecule has 0 aromatic heterocycles. The molecule has 2 N–H and O–H groups in total. The molecule has 0 saturated carbocycles. The fraction of sp³-hybridized carbons (Fsp3) is 0.125. The molecule has 0 unspecified atom stereocenters. The van der Waals surface area contributed by atoms with Crippen LogP contribution in [0.1, 0.15) is 0 Å². The van der Waals surface area contributed by atoms with Gasteiger partial charge in [0.25, 0.3) is 5.91 Å². The summed E-state index contributed by atoms with van der Waals surface area (Å²) in [5.74, 6) is -1.08. The maximum Gasteiger partial charge on any atom is 0.344 e. The van der Waals surface area contributed by atoms with E-state index in [1.54, 1.807) is 30.3 Å². The normalized spacial score (nSPS) is 9.96. The van der Waals surface area contributed by atoms with Crippen molar-refractivity contribution in [1.29, 1.82) is 0 Å². The fourth-order valence-corrected chi connectivity index (χ4v) is 2.07. The Kier molecular flexibility index (Phi) is 5.99. The van der Waals surface area contributed by atoms with Crippen LogP contribution >= 0.6 is 15.9 Å². The molecule has 6 nitrogen and oxygen atoms in total. The van der Waals surface area contributed by atoms with Crippen LogP contribution in [0.25, 0.3) is 0 Å². The van der Waals surface area contributed by atoms with Crippen LogP contribution in [0, 0.1) is 0 Å². The molecule has 7 heteroatoms. The Morgan fingerprint density at radius 3 is 2.61 bits per heavy atom. The zero-order chi connectivity index (χ0) is 16.7. The number of hydrogen-bond donors (Lipinski definition) is 2. The van der Waals surface area contributed by atoms with Crippen molar-refractivity contribution in [3.63, 3.8) is 0 Å². The molecule has 0 heterocycles. The molecule has 23 heavy (non-hydrogen) atoms. The fourth-order valence-electron chi connectivity index (χ4n) is 1.67. The molecule has 2 aromatic rings. The summed E-state index contributed by atoms with van der Waals surface area (Å²) in [6, 6.07) is 13.3. The molecular formula is C16H14BrNO5. The Labute approximate surface area is 141 Å². The van der Waals surface area contributed by atoms with Crippen LogP contribution in [0.4, 0.5) is 5.69 Å². The lowest BCUT2D eigenvalue weighted by Crippen LogP contribution is -2.23. The summed E-state index contributed by atoms with van der Waals surface area (Å²) >= 11 is 3.29. The first kappa shape index (κ1) is 16.8. The molecule has 1 amide bonds. The minimum Gasteiger partial charge on any atom is -0.504 e. The Hall–Kier alpha value is -2.54. The second kappa shape index (κ2) is 8.19. The highest BCUT2D eigenvalue weighted by Crippen LogP contribution is 2.24. The van der Waals surface area contributed by atoms with Gasteiger partial charge in [-0.2, -0.15) is 0 Å². The van der Waals surface area contributed by atoms with Gasteiger partial charge in [0.1, 0.15) is 0 Å². The molecule has 2 rings (SSSR count). The number of phenols is 1. The first-order chi connectivity index (χ1) is 11.0. The smallest absolute Gasteiger partial charge is 0.344 e. The Morgan fingerprint density at radius 2 is 1.87 bits per heavy atom. The van der Waals surface area contributed by atoms with Crippen LogP contribution in [0.3, 0.4) is 0 Å². The van der Waals surface area contributed by atoms with Gasteiger partial charge in [-0.25, -0.2) is 4.79 Å². The van der Waals surface area contributed by atoms with Gasteiger partial charge in [-0.3, -0.25) is 4.79 Å². The van der Waals surface area contributed by atoms with Crippen LogP contribution in [0.5, 0.6) is 11.5 Å². The summed E-state index contributed by atoms with van der Waals surface area (Å²) in [5, 5.41) is 12.1. The summed E-state index contributed by atoms with van der Waals surface area (Å²) in [6.07, 6.45) is 0. The van der Waals surface area contributed by atoms with Gasteiger partial charge in [-0.1, -0.05) is 34.1 Å². The molecule has 0 atom stereocenters. The van der Waals surface area contributed by atoms with Crippen molar-refractivity contribution in [1.82, 2.24) is 0 Å². The van der Waals surface area contributed by atoms with E-state index in [-0.39, 0.29) is 11.5 Å². The minimum atomic E-state index is -0.711. The van der Waals surface area contributed by atoms with E-state index < -0.39 is 25.1 Å².